The topological polar surface area (TPSA) is 86.3 Å². The van der Waals surface area contributed by atoms with Crippen molar-refractivity contribution in [1.29, 1.82) is 0 Å². The molecule has 0 aliphatic rings. The SMILES string of the molecule is COc1ccc(-c2cc(C(F)F)n3ncc(C(=O)Nc4c(C)nn(Cc5ccc(C)cc5)c4C)c3n2)cc1. The number of fused-ring (bicyclic) bond motifs is 1. The molecule has 0 saturated heterocycles. The predicted octanol–water partition coefficient (Wildman–Crippen LogP) is 5.76. The number of nitrogens with zero attached hydrogens (tertiary/aromatic N) is 5. The van der Waals surface area contributed by atoms with Crippen LogP contribution in [0.4, 0.5) is 14.5 Å². The number of methoxy groups -OCH3 is 1. The first kappa shape index (κ1) is 25.1. The normalized spacial score (nSPS) is 11.3. The standard InChI is InChI=1S/C28H26F2N6O2/c1-16-5-7-19(8-6-16)15-35-18(3)25(17(2)34-35)33-28(37)22-14-31-36-24(26(29)30)13-23(32-27(22)36)20-9-11-21(38-4)12-10-20/h5-14,26H,15H2,1-4H3,(H,33,37). The molecule has 3 heterocycles. The molecule has 0 aliphatic carbocycles. The number of nitrogens with one attached hydrogen (secondary N) is 1. The first-order valence-electron chi connectivity index (χ1n) is 12.0. The number of anilines is 1. The number of ether oxygens (including phenoxy) is 1. The minimum atomic E-state index is -2.82. The molecular weight excluding hydrogens is 490 g/mol. The summed E-state index contributed by atoms with van der Waals surface area (Å²) >= 11 is 0. The molecule has 0 aliphatic heterocycles. The molecule has 10 heteroatoms. The lowest BCUT2D eigenvalue weighted by Crippen LogP contribution is -2.14. The summed E-state index contributed by atoms with van der Waals surface area (Å²) in [5.74, 6) is 0.114. The van der Waals surface area contributed by atoms with Crippen molar-refractivity contribution >= 4 is 17.2 Å². The zero-order valence-electron chi connectivity index (χ0n) is 21.4. The van der Waals surface area contributed by atoms with E-state index in [2.05, 4.69) is 20.5 Å². The first-order valence-corrected chi connectivity index (χ1v) is 12.0. The molecule has 5 aromatic rings. The maximum absolute atomic E-state index is 14.0. The highest BCUT2D eigenvalue weighted by Crippen LogP contribution is 2.29. The molecule has 5 rings (SSSR count). The maximum Gasteiger partial charge on any atom is 0.280 e. The smallest absolute Gasteiger partial charge is 0.280 e. The van der Waals surface area contributed by atoms with Crippen molar-refractivity contribution in [2.45, 2.75) is 33.7 Å². The molecule has 194 valence electrons. The molecule has 0 bridgehead atoms. The van der Waals surface area contributed by atoms with Crippen LogP contribution in [-0.4, -0.2) is 37.4 Å². The van der Waals surface area contributed by atoms with Crippen LogP contribution in [-0.2, 0) is 6.54 Å². The first-order chi connectivity index (χ1) is 18.2. The van der Waals surface area contributed by atoms with Crippen molar-refractivity contribution in [2.75, 3.05) is 12.4 Å². The number of carbonyl (C=O) groups is 1. The second-order valence-electron chi connectivity index (χ2n) is 9.03. The Balaban J connectivity index is 1.49. The number of hydrogen-bond donors (Lipinski definition) is 1. The largest absolute Gasteiger partial charge is 0.497 e. The quantitative estimate of drug-likeness (QED) is 0.297. The third-order valence-electron chi connectivity index (χ3n) is 6.43. The van der Waals surface area contributed by atoms with Gasteiger partial charge in [-0.2, -0.15) is 10.2 Å². The molecule has 0 saturated carbocycles. The Kier molecular flexibility index (Phi) is 6.62. The fourth-order valence-electron chi connectivity index (χ4n) is 4.29. The Morgan fingerprint density at radius 3 is 2.42 bits per heavy atom. The van der Waals surface area contributed by atoms with Crippen molar-refractivity contribution < 1.29 is 18.3 Å². The van der Waals surface area contributed by atoms with Crippen molar-refractivity contribution in [1.82, 2.24) is 24.4 Å². The molecule has 3 aromatic heterocycles. The van der Waals surface area contributed by atoms with Gasteiger partial charge in [-0.3, -0.25) is 9.48 Å². The molecule has 1 amide bonds. The van der Waals surface area contributed by atoms with E-state index < -0.39 is 12.3 Å². The van der Waals surface area contributed by atoms with Gasteiger partial charge < -0.3 is 10.1 Å². The van der Waals surface area contributed by atoms with Crippen LogP contribution in [0.3, 0.4) is 0 Å². The van der Waals surface area contributed by atoms with Gasteiger partial charge in [0.25, 0.3) is 12.3 Å². The predicted molar refractivity (Wildman–Crippen MR) is 140 cm³/mol. The summed E-state index contributed by atoms with van der Waals surface area (Å²) in [6, 6.07) is 16.3. The summed E-state index contributed by atoms with van der Waals surface area (Å²) in [6.07, 6.45) is -1.57. The van der Waals surface area contributed by atoms with Crippen LogP contribution in [0.15, 0.2) is 60.8 Å². The maximum atomic E-state index is 14.0. The number of aryl methyl sites for hydroxylation is 2. The minimum absolute atomic E-state index is 0.0356. The second-order valence-corrected chi connectivity index (χ2v) is 9.03. The number of carbonyl (C=O) groups excluding carboxylic acids is 1. The number of benzene rings is 2. The molecule has 1 N–H and O–H groups in total. The summed E-state index contributed by atoms with van der Waals surface area (Å²) < 4.78 is 35.9. The van der Waals surface area contributed by atoms with E-state index in [1.54, 1.807) is 38.3 Å². The zero-order valence-corrected chi connectivity index (χ0v) is 21.4. The average molecular weight is 517 g/mol. The molecule has 0 radical (unpaired) electrons. The third kappa shape index (κ3) is 4.72. The van der Waals surface area contributed by atoms with Gasteiger partial charge in [-0.05, 0) is 56.7 Å². The summed E-state index contributed by atoms with van der Waals surface area (Å²) in [7, 11) is 1.54. The highest BCUT2D eigenvalue weighted by molar-refractivity contribution is 6.08. The van der Waals surface area contributed by atoms with Crippen LogP contribution in [0.1, 0.15) is 45.0 Å². The Bertz CT molecular complexity index is 1620. The lowest BCUT2D eigenvalue weighted by atomic mass is 10.1. The van der Waals surface area contributed by atoms with Crippen molar-refractivity contribution in [2.24, 2.45) is 0 Å². The number of aromatic nitrogens is 5. The number of hydrogen-bond acceptors (Lipinski definition) is 5. The molecule has 0 fully saturated rings. The molecule has 38 heavy (non-hydrogen) atoms. The van der Waals surface area contributed by atoms with Gasteiger partial charge in [-0.1, -0.05) is 29.8 Å². The van der Waals surface area contributed by atoms with Crippen LogP contribution in [0.5, 0.6) is 5.75 Å². The van der Waals surface area contributed by atoms with Gasteiger partial charge in [-0.25, -0.2) is 18.3 Å². The fourth-order valence-corrected chi connectivity index (χ4v) is 4.29. The van der Waals surface area contributed by atoms with Crippen LogP contribution >= 0.6 is 0 Å². The lowest BCUT2D eigenvalue weighted by Gasteiger charge is -2.10. The summed E-state index contributed by atoms with van der Waals surface area (Å²) in [5, 5.41) is 11.5. The van der Waals surface area contributed by atoms with E-state index in [0.29, 0.717) is 34.9 Å². The van der Waals surface area contributed by atoms with Gasteiger partial charge in [0.2, 0.25) is 0 Å². The van der Waals surface area contributed by atoms with Crippen molar-refractivity contribution in [3.63, 3.8) is 0 Å². The monoisotopic (exact) mass is 516 g/mol. The number of rotatable bonds is 7. The van der Waals surface area contributed by atoms with Crippen LogP contribution in [0, 0.1) is 20.8 Å². The van der Waals surface area contributed by atoms with Crippen LogP contribution < -0.4 is 10.1 Å². The fraction of sp³-hybridized carbons (Fsp3) is 0.214. The van der Waals surface area contributed by atoms with Gasteiger partial charge in [0.15, 0.2) is 5.65 Å². The Labute approximate surface area is 217 Å². The van der Waals surface area contributed by atoms with Gasteiger partial charge in [0, 0.05) is 5.56 Å². The van der Waals surface area contributed by atoms with Gasteiger partial charge in [-0.15, -0.1) is 0 Å². The Morgan fingerprint density at radius 2 is 1.76 bits per heavy atom. The highest BCUT2D eigenvalue weighted by Gasteiger charge is 2.23. The van der Waals surface area contributed by atoms with Crippen molar-refractivity contribution in [3.8, 4) is 17.0 Å². The molecule has 0 spiro atoms. The van der Waals surface area contributed by atoms with Gasteiger partial charge in [0.1, 0.15) is 17.0 Å². The molecule has 2 aromatic carbocycles. The molecule has 8 nitrogen and oxygen atoms in total. The third-order valence-corrected chi connectivity index (χ3v) is 6.43. The lowest BCUT2D eigenvalue weighted by molar-refractivity contribution is 0.102. The second kappa shape index (κ2) is 10.0. The number of halogens is 2. The molecule has 0 atom stereocenters. The van der Waals surface area contributed by atoms with E-state index in [9.17, 15) is 13.6 Å². The van der Waals surface area contributed by atoms with E-state index >= 15 is 0 Å². The molecular formula is C28H26F2N6O2. The summed E-state index contributed by atoms with van der Waals surface area (Å²) in [6.45, 7) is 6.25. The van der Waals surface area contributed by atoms with Gasteiger partial charge >= 0.3 is 0 Å². The number of amides is 1. The van der Waals surface area contributed by atoms with E-state index in [-0.39, 0.29) is 16.9 Å². The van der Waals surface area contributed by atoms with E-state index in [0.717, 1.165) is 15.8 Å². The summed E-state index contributed by atoms with van der Waals surface area (Å²) in [5.41, 5.74) is 4.86. The Hall–Kier alpha value is -4.60. The minimum Gasteiger partial charge on any atom is -0.497 e. The van der Waals surface area contributed by atoms with E-state index in [1.807, 2.05) is 42.8 Å². The van der Waals surface area contributed by atoms with Crippen LogP contribution in [0.2, 0.25) is 0 Å². The number of alkyl halides is 2. The van der Waals surface area contributed by atoms with Crippen molar-refractivity contribution in [3.05, 3.63) is 94.6 Å². The zero-order chi connectivity index (χ0) is 27.0. The summed E-state index contributed by atoms with van der Waals surface area (Å²) in [4.78, 5) is 17.9. The van der Waals surface area contributed by atoms with Crippen LogP contribution in [0.25, 0.3) is 16.9 Å². The average Bonchev–Trinajstić information content (AvgIpc) is 3.45. The Morgan fingerprint density at radius 1 is 1.05 bits per heavy atom. The van der Waals surface area contributed by atoms with E-state index in [1.165, 1.54) is 17.8 Å². The van der Waals surface area contributed by atoms with E-state index in [4.69, 9.17) is 4.74 Å². The highest BCUT2D eigenvalue weighted by atomic mass is 19.3. The van der Waals surface area contributed by atoms with Gasteiger partial charge in [0.05, 0.1) is 42.6 Å². The molecule has 0 unspecified atom stereocenters.